The number of phenols is 1. The summed E-state index contributed by atoms with van der Waals surface area (Å²) in [5.74, 6) is -7.07. The number of aromatic hydroxyl groups is 1. The van der Waals surface area contributed by atoms with Crippen LogP contribution in [0.4, 0.5) is 5.69 Å². The second-order valence-corrected chi connectivity index (χ2v) is 14.6. The molecule has 11 nitrogen and oxygen atoms in total. The summed E-state index contributed by atoms with van der Waals surface area (Å²) < 4.78 is 0. The third-order valence-electron chi connectivity index (χ3n) is 10.3. The molecule has 238 valence electrons. The van der Waals surface area contributed by atoms with E-state index < -0.39 is 63.9 Å². The number of nitrogens with one attached hydrogen (secondary N) is 1. The lowest BCUT2D eigenvalue weighted by Crippen LogP contribution is -2.79. The molecule has 0 heterocycles. The summed E-state index contributed by atoms with van der Waals surface area (Å²) in [5, 5.41) is 50.0. The first kappa shape index (κ1) is 32.9. The number of fused-ring (bicyclic) bond motifs is 3. The number of guanidine groups is 1. The third-order valence-corrected chi connectivity index (χ3v) is 10.3. The summed E-state index contributed by atoms with van der Waals surface area (Å²) >= 11 is 0. The lowest BCUT2D eigenvalue weighted by atomic mass is 9.39. The number of hydrogen-bond donors (Lipinski definition) is 7. The standard InChI is InChI=1S/C32H48N4O7/c1-13(2)11-35-29(34)36-18-9-16(14(3)4)17-10-30(7)12-31(8)21(15(5)6)25(39)20(28(33)42)26(40)32(31,43)27(41)22(30)24(38)19(17)23(18)37/h9,13-15,20-22,25,27,37,39,41,43H,10-12H2,1-8H3,(H2,33,42)(H3,34,35,36)/t20-,21+,22-,25?,27?,30-,31-,32+/m1/s1. The number of hydrogen-bond acceptors (Lipinski definition) is 8. The molecule has 0 spiro atoms. The van der Waals surface area contributed by atoms with Crippen molar-refractivity contribution in [2.75, 3.05) is 11.9 Å². The van der Waals surface area contributed by atoms with Gasteiger partial charge in [-0.3, -0.25) is 19.4 Å². The second kappa shape index (κ2) is 10.9. The predicted molar refractivity (Wildman–Crippen MR) is 162 cm³/mol. The minimum atomic E-state index is -2.56. The van der Waals surface area contributed by atoms with E-state index in [0.717, 1.165) is 5.56 Å². The Labute approximate surface area is 253 Å². The molecule has 0 saturated heterocycles. The molecule has 0 radical (unpaired) electrons. The Balaban J connectivity index is 1.93. The molecule has 0 aromatic heterocycles. The molecule has 0 bridgehead atoms. The number of aliphatic hydroxyl groups is 3. The Morgan fingerprint density at radius 1 is 1.12 bits per heavy atom. The van der Waals surface area contributed by atoms with Gasteiger partial charge >= 0.3 is 0 Å². The van der Waals surface area contributed by atoms with Crippen LogP contribution >= 0.6 is 0 Å². The number of aliphatic imine (C=N–C) groups is 1. The lowest BCUT2D eigenvalue weighted by Gasteiger charge is -2.66. The quantitative estimate of drug-likeness (QED) is 0.110. The first-order chi connectivity index (χ1) is 19.7. The average molecular weight is 601 g/mol. The van der Waals surface area contributed by atoms with Gasteiger partial charge in [-0.1, -0.05) is 55.4 Å². The second-order valence-electron chi connectivity index (χ2n) is 14.6. The normalized spacial score (nSPS) is 36.0. The molecule has 43 heavy (non-hydrogen) atoms. The van der Waals surface area contributed by atoms with E-state index in [-0.39, 0.29) is 53.6 Å². The van der Waals surface area contributed by atoms with E-state index in [0.29, 0.717) is 12.1 Å². The van der Waals surface area contributed by atoms with Gasteiger partial charge in [0.05, 0.1) is 23.3 Å². The fraction of sp³-hybridized carbons (Fsp3) is 0.688. The van der Waals surface area contributed by atoms with Crippen molar-refractivity contribution < 1.29 is 34.8 Å². The average Bonchev–Trinajstić information content (AvgIpc) is 2.85. The summed E-state index contributed by atoms with van der Waals surface area (Å²) in [4.78, 5) is 45.1. The van der Waals surface area contributed by atoms with Crippen molar-refractivity contribution in [3.8, 4) is 5.75 Å². The van der Waals surface area contributed by atoms with Crippen LogP contribution in [0.15, 0.2) is 11.1 Å². The van der Waals surface area contributed by atoms with E-state index in [4.69, 9.17) is 11.5 Å². The largest absolute Gasteiger partial charge is 0.505 e. The highest BCUT2D eigenvalue weighted by Crippen LogP contribution is 2.66. The number of amides is 1. The van der Waals surface area contributed by atoms with Crippen LogP contribution < -0.4 is 16.8 Å². The summed E-state index contributed by atoms with van der Waals surface area (Å²) in [6, 6.07) is 1.76. The zero-order chi connectivity index (χ0) is 32.6. The van der Waals surface area contributed by atoms with Gasteiger partial charge in [-0.2, -0.15) is 0 Å². The molecular weight excluding hydrogens is 552 g/mol. The minimum Gasteiger partial charge on any atom is -0.505 e. The predicted octanol–water partition coefficient (Wildman–Crippen LogP) is 2.08. The monoisotopic (exact) mass is 600 g/mol. The molecule has 8 atom stereocenters. The topological polar surface area (TPSA) is 209 Å². The van der Waals surface area contributed by atoms with Gasteiger partial charge < -0.3 is 37.2 Å². The van der Waals surface area contributed by atoms with Gasteiger partial charge in [-0.25, -0.2) is 0 Å². The molecule has 3 aliphatic carbocycles. The maximum absolute atomic E-state index is 14.5. The zero-order valence-electron chi connectivity index (χ0n) is 26.4. The van der Waals surface area contributed by atoms with Crippen LogP contribution in [0.3, 0.4) is 0 Å². The van der Waals surface area contributed by atoms with Gasteiger partial charge in [0, 0.05) is 12.0 Å². The van der Waals surface area contributed by atoms with E-state index in [1.807, 2.05) is 48.5 Å². The van der Waals surface area contributed by atoms with Crippen LogP contribution in [-0.4, -0.2) is 68.2 Å². The SMILES string of the molecule is CC(C)CN=C(N)Nc1cc(C(C)C)c2c(c1O)C(=O)[C@@H]1C(O)[C@@]3(O)C(=O)[C@H](C(N)=O)C(O)[C@H](C(C)C)[C@@]3(C)C[C@@]1(C)C2. The molecule has 9 N–H and O–H groups in total. The fourth-order valence-electron chi connectivity index (χ4n) is 8.70. The molecule has 1 amide bonds. The summed E-state index contributed by atoms with van der Waals surface area (Å²) in [7, 11) is 0. The Morgan fingerprint density at radius 3 is 2.23 bits per heavy atom. The summed E-state index contributed by atoms with van der Waals surface area (Å²) in [6.07, 6.45) is -3.06. The molecule has 2 unspecified atom stereocenters. The van der Waals surface area contributed by atoms with Crippen molar-refractivity contribution in [3.05, 3.63) is 22.8 Å². The summed E-state index contributed by atoms with van der Waals surface area (Å²) in [5.41, 5.74) is 8.30. The zero-order valence-corrected chi connectivity index (χ0v) is 26.4. The first-order valence-corrected chi connectivity index (χ1v) is 15.2. The van der Waals surface area contributed by atoms with E-state index >= 15 is 0 Å². The number of Topliss-reactive ketones (excluding diaryl/α,β-unsaturated/α-hetero) is 2. The molecule has 1 aromatic carbocycles. The van der Waals surface area contributed by atoms with Gasteiger partial charge in [0.25, 0.3) is 0 Å². The number of benzene rings is 1. The van der Waals surface area contributed by atoms with E-state index in [9.17, 15) is 34.8 Å². The molecule has 2 saturated carbocycles. The Bertz CT molecular complexity index is 1370. The van der Waals surface area contributed by atoms with Crippen molar-refractivity contribution in [3.63, 3.8) is 0 Å². The number of anilines is 1. The number of nitrogens with zero attached hydrogens (tertiary/aromatic N) is 1. The minimum absolute atomic E-state index is 0.00533. The van der Waals surface area contributed by atoms with Crippen LogP contribution in [-0.2, 0) is 16.0 Å². The third kappa shape index (κ3) is 4.75. The maximum Gasteiger partial charge on any atom is 0.230 e. The van der Waals surface area contributed by atoms with E-state index in [2.05, 4.69) is 10.3 Å². The van der Waals surface area contributed by atoms with Crippen molar-refractivity contribution >= 4 is 29.1 Å². The molecule has 1 aromatic rings. The van der Waals surface area contributed by atoms with Crippen LogP contribution in [0.2, 0.25) is 0 Å². The highest BCUT2D eigenvalue weighted by molar-refractivity contribution is 6.10. The number of phenolic OH excluding ortho intramolecular Hbond substituents is 1. The van der Waals surface area contributed by atoms with Gasteiger partial charge in [-0.05, 0) is 59.1 Å². The molecular formula is C32H48N4O7. The van der Waals surface area contributed by atoms with Crippen LogP contribution in [0.25, 0.3) is 0 Å². The molecule has 0 aliphatic heterocycles. The van der Waals surface area contributed by atoms with Crippen molar-refractivity contribution in [1.29, 1.82) is 0 Å². The number of nitrogens with two attached hydrogens (primary N) is 2. The number of rotatable bonds is 6. The number of carbonyl (C=O) groups is 3. The first-order valence-electron chi connectivity index (χ1n) is 15.2. The van der Waals surface area contributed by atoms with Crippen molar-refractivity contribution in [1.82, 2.24) is 0 Å². The maximum atomic E-state index is 14.5. The fourth-order valence-corrected chi connectivity index (χ4v) is 8.70. The molecule has 3 aliphatic rings. The van der Waals surface area contributed by atoms with Gasteiger partial charge in [0.2, 0.25) is 5.91 Å². The Kier molecular flexibility index (Phi) is 8.30. The molecule has 4 rings (SSSR count). The van der Waals surface area contributed by atoms with Crippen LogP contribution in [0.5, 0.6) is 5.75 Å². The Morgan fingerprint density at radius 2 is 1.72 bits per heavy atom. The van der Waals surface area contributed by atoms with Crippen LogP contribution in [0.1, 0.15) is 89.2 Å². The van der Waals surface area contributed by atoms with Crippen molar-refractivity contribution in [2.24, 2.45) is 56.9 Å². The van der Waals surface area contributed by atoms with Gasteiger partial charge in [-0.15, -0.1) is 0 Å². The highest BCUT2D eigenvalue weighted by atomic mass is 16.4. The van der Waals surface area contributed by atoms with Crippen LogP contribution in [0, 0.1) is 40.4 Å². The van der Waals surface area contributed by atoms with E-state index in [1.54, 1.807) is 13.0 Å². The number of carbonyl (C=O) groups excluding carboxylic acids is 3. The van der Waals surface area contributed by atoms with Gasteiger partial charge in [0.1, 0.15) is 17.8 Å². The smallest absolute Gasteiger partial charge is 0.230 e. The number of aliphatic hydroxyl groups excluding tert-OH is 2. The number of ketones is 2. The Hall–Kier alpha value is -3.02. The molecule has 11 heteroatoms. The van der Waals surface area contributed by atoms with Gasteiger partial charge in [0.15, 0.2) is 23.1 Å². The summed E-state index contributed by atoms with van der Waals surface area (Å²) in [6.45, 7) is 15.5. The molecule has 2 fully saturated rings. The lowest BCUT2D eigenvalue weighted by molar-refractivity contribution is -0.265. The van der Waals surface area contributed by atoms with E-state index in [1.165, 1.54) is 0 Å². The highest BCUT2D eigenvalue weighted by Gasteiger charge is 2.76. The number of primary amides is 1. The van der Waals surface area contributed by atoms with Crippen molar-refractivity contribution in [2.45, 2.75) is 92.0 Å².